The summed E-state index contributed by atoms with van der Waals surface area (Å²) >= 11 is 5.92. The molecule has 0 fully saturated rings. The Morgan fingerprint density at radius 3 is 2.92 bits per heavy atom. The van der Waals surface area contributed by atoms with Gasteiger partial charge in [-0.3, -0.25) is 4.79 Å². The third-order valence-electron chi connectivity index (χ3n) is 3.59. The first-order chi connectivity index (χ1) is 12.2. The van der Waals surface area contributed by atoms with E-state index in [0.29, 0.717) is 28.6 Å². The highest BCUT2D eigenvalue weighted by molar-refractivity contribution is 6.30. The molecule has 4 rings (SSSR count). The van der Waals surface area contributed by atoms with Crippen LogP contribution >= 0.6 is 11.6 Å². The molecule has 0 aliphatic carbocycles. The van der Waals surface area contributed by atoms with E-state index in [1.807, 2.05) is 12.1 Å². The summed E-state index contributed by atoms with van der Waals surface area (Å²) in [6.45, 7) is 0.493. The molecular formula is C17H12ClN3O4. The van der Waals surface area contributed by atoms with Gasteiger partial charge < -0.3 is 19.3 Å². The van der Waals surface area contributed by atoms with Crippen LogP contribution in [-0.2, 0) is 6.54 Å². The molecule has 0 bridgehead atoms. The van der Waals surface area contributed by atoms with Gasteiger partial charge in [-0.15, -0.1) is 0 Å². The fraction of sp³-hybridized carbons (Fsp3) is 0.118. The predicted octanol–water partition coefficient (Wildman–Crippen LogP) is 3.05. The van der Waals surface area contributed by atoms with Gasteiger partial charge in [0.2, 0.25) is 6.79 Å². The number of nitrogens with zero attached hydrogens (tertiary/aromatic N) is 2. The molecule has 2 aromatic carbocycles. The van der Waals surface area contributed by atoms with E-state index in [1.54, 1.807) is 30.3 Å². The summed E-state index contributed by atoms with van der Waals surface area (Å²) in [4.78, 5) is 16.3. The van der Waals surface area contributed by atoms with Crippen molar-refractivity contribution in [1.29, 1.82) is 0 Å². The number of carbonyl (C=O) groups is 1. The summed E-state index contributed by atoms with van der Waals surface area (Å²) in [6, 6.07) is 12.5. The standard InChI is InChI=1S/C17H12ClN3O4/c18-12-3-1-2-10(6-12)8-19-16(22)15-20-17(25-21-15)11-4-5-13-14(7-11)24-9-23-13/h1-7H,8-9H2,(H,19,22). The first kappa shape index (κ1) is 15.5. The average molecular weight is 358 g/mol. The largest absolute Gasteiger partial charge is 0.454 e. The second-order valence-electron chi connectivity index (χ2n) is 5.30. The van der Waals surface area contributed by atoms with Crippen molar-refractivity contribution in [2.75, 3.05) is 6.79 Å². The second kappa shape index (κ2) is 6.45. The molecule has 0 saturated heterocycles. The van der Waals surface area contributed by atoms with Gasteiger partial charge in [-0.1, -0.05) is 28.9 Å². The van der Waals surface area contributed by atoms with Crippen molar-refractivity contribution in [3.63, 3.8) is 0 Å². The van der Waals surface area contributed by atoms with Crippen molar-refractivity contribution in [3.05, 3.63) is 58.9 Å². The number of halogens is 1. The van der Waals surface area contributed by atoms with E-state index in [1.165, 1.54) is 0 Å². The molecule has 126 valence electrons. The van der Waals surface area contributed by atoms with Gasteiger partial charge in [0.1, 0.15) is 0 Å². The fourth-order valence-corrected chi connectivity index (χ4v) is 2.58. The van der Waals surface area contributed by atoms with Crippen LogP contribution in [0.3, 0.4) is 0 Å². The van der Waals surface area contributed by atoms with Crippen molar-refractivity contribution >= 4 is 17.5 Å². The Labute approximate surface area is 147 Å². The van der Waals surface area contributed by atoms with Gasteiger partial charge in [-0.05, 0) is 35.9 Å². The molecule has 0 unspecified atom stereocenters. The smallest absolute Gasteiger partial charge is 0.292 e. The summed E-state index contributed by atoms with van der Waals surface area (Å²) in [6.07, 6.45) is 0. The first-order valence-corrected chi connectivity index (χ1v) is 7.83. The molecule has 2 heterocycles. The number of fused-ring (bicyclic) bond motifs is 1. The minimum absolute atomic E-state index is 0.0466. The molecule has 1 aromatic heterocycles. The topological polar surface area (TPSA) is 86.5 Å². The molecule has 7 nitrogen and oxygen atoms in total. The Morgan fingerprint density at radius 2 is 2.04 bits per heavy atom. The summed E-state index contributed by atoms with van der Waals surface area (Å²) in [5, 5.41) is 7.05. The van der Waals surface area contributed by atoms with E-state index in [-0.39, 0.29) is 18.5 Å². The Morgan fingerprint density at radius 1 is 1.16 bits per heavy atom. The average Bonchev–Trinajstić information content (AvgIpc) is 3.28. The van der Waals surface area contributed by atoms with Crippen LogP contribution in [0.5, 0.6) is 11.5 Å². The number of nitrogens with one attached hydrogen (secondary N) is 1. The molecule has 1 aliphatic rings. The van der Waals surface area contributed by atoms with Crippen molar-refractivity contribution in [2.24, 2.45) is 0 Å². The van der Waals surface area contributed by atoms with Gasteiger partial charge in [-0.2, -0.15) is 4.98 Å². The summed E-state index contributed by atoms with van der Waals surface area (Å²) in [5.41, 5.74) is 1.52. The van der Waals surface area contributed by atoms with Crippen molar-refractivity contribution < 1.29 is 18.8 Å². The lowest BCUT2D eigenvalue weighted by Gasteiger charge is -2.02. The van der Waals surface area contributed by atoms with E-state index >= 15 is 0 Å². The predicted molar refractivity (Wildman–Crippen MR) is 88.5 cm³/mol. The maximum Gasteiger partial charge on any atom is 0.292 e. The number of benzene rings is 2. The fourth-order valence-electron chi connectivity index (χ4n) is 2.37. The van der Waals surface area contributed by atoms with Crippen LogP contribution in [-0.4, -0.2) is 22.8 Å². The highest BCUT2D eigenvalue weighted by Crippen LogP contribution is 2.35. The Hall–Kier alpha value is -3.06. The Balaban J connectivity index is 1.46. The first-order valence-electron chi connectivity index (χ1n) is 7.45. The zero-order valence-corrected chi connectivity index (χ0v) is 13.6. The Kier molecular flexibility index (Phi) is 3.99. The molecule has 0 atom stereocenters. The molecule has 1 aliphatic heterocycles. The molecule has 1 N–H and O–H groups in total. The number of amides is 1. The second-order valence-corrected chi connectivity index (χ2v) is 5.74. The molecule has 25 heavy (non-hydrogen) atoms. The zero-order chi connectivity index (χ0) is 17.2. The summed E-state index contributed by atoms with van der Waals surface area (Å²) in [5.74, 6) is 1.00. The summed E-state index contributed by atoms with van der Waals surface area (Å²) < 4.78 is 15.7. The van der Waals surface area contributed by atoms with Gasteiger partial charge in [-0.25, -0.2) is 0 Å². The SMILES string of the molecule is O=C(NCc1cccc(Cl)c1)c1noc(-c2ccc3c(c2)OCO3)n1. The van der Waals surface area contributed by atoms with E-state index in [9.17, 15) is 4.79 Å². The highest BCUT2D eigenvalue weighted by Gasteiger charge is 2.19. The maximum atomic E-state index is 12.2. The van der Waals surface area contributed by atoms with Gasteiger partial charge in [0, 0.05) is 17.1 Å². The number of hydrogen-bond donors (Lipinski definition) is 1. The third-order valence-corrected chi connectivity index (χ3v) is 3.83. The lowest BCUT2D eigenvalue weighted by atomic mass is 10.2. The number of ether oxygens (including phenoxy) is 2. The molecule has 8 heteroatoms. The number of carbonyl (C=O) groups excluding carboxylic acids is 1. The van der Waals surface area contributed by atoms with Crippen molar-refractivity contribution in [3.8, 4) is 23.0 Å². The van der Waals surface area contributed by atoms with Crippen molar-refractivity contribution in [1.82, 2.24) is 15.5 Å². The van der Waals surface area contributed by atoms with Crippen LogP contribution in [0.25, 0.3) is 11.5 Å². The van der Waals surface area contributed by atoms with Crippen molar-refractivity contribution in [2.45, 2.75) is 6.54 Å². The molecule has 1 amide bonds. The number of aromatic nitrogens is 2. The maximum absolute atomic E-state index is 12.2. The highest BCUT2D eigenvalue weighted by atomic mass is 35.5. The van der Waals surface area contributed by atoms with Crippen LogP contribution in [0.1, 0.15) is 16.2 Å². The molecule has 0 spiro atoms. The van der Waals surface area contributed by atoms with Crippen LogP contribution in [0.2, 0.25) is 5.02 Å². The minimum atomic E-state index is -0.435. The summed E-state index contributed by atoms with van der Waals surface area (Å²) in [7, 11) is 0. The van der Waals surface area contributed by atoms with Crippen LogP contribution < -0.4 is 14.8 Å². The van der Waals surface area contributed by atoms with Gasteiger partial charge in [0.25, 0.3) is 17.6 Å². The number of rotatable bonds is 4. The van der Waals surface area contributed by atoms with E-state index in [4.69, 9.17) is 25.6 Å². The quantitative estimate of drug-likeness (QED) is 0.772. The lowest BCUT2D eigenvalue weighted by Crippen LogP contribution is -2.23. The Bertz CT molecular complexity index is 941. The van der Waals surface area contributed by atoms with Crippen LogP contribution in [0, 0.1) is 0 Å². The molecule has 3 aromatic rings. The zero-order valence-electron chi connectivity index (χ0n) is 12.9. The van der Waals surface area contributed by atoms with Crippen LogP contribution in [0.15, 0.2) is 47.0 Å². The lowest BCUT2D eigenvalue weighted by molar-refractivity contribution is 0.0937. The third kappa shape index (κ3) is 3.27. The van der Waals surface area contributed by atoms with Crippen LogP contribution in [0.4, 0.5) is 0 Å². The van der Waals surface area contributed by atoms with Gasteiger partial charge >= 0.3 is 0 Å². The van der Waals surface area contributed by atoms with E-state index in [2.05, 4.69) is 15.5 Å². The number of hydrogen-bond acceptors (Lipinski definition) is 6. The van der Waals surface area contributed by atoms with Gasteiger partial charge in [0.15, 0.2) is 11.5 Å². The van der Waals surface area contributed by atoms with E-state index in [0.717, 1.165) is 5.56 Å². The normalized spacial score (nSPS) is 12.2. The molecule has 0 saturated carbocycles. The monoisotopic (exact) mass is 357 g/mol. The minimum Gasteiger partial charge on any atom is -0.454 e. The molecular weight excluding hydrogens is 346 g/mol. The molecule has 0 radical (unpaired) electrons. The van der Waals surface area contributed by atoms with Gasteiger partial charge in [0.05, 0.1) is 0 Å². The van der Waals surface area contributed by atoms with E-state index < -0.39 is 5.91 Å².